The van der Waals surface area contributed by atoms with Gasteiger partial charge in [-0.15, -0.1) is 11.3 Å². The molecular weight excluding hydrogens is 362 g/mol. The van der Waals surface area contributed by atoms with Crippen molar-refractivity contribution in [3.8, 4) is 0 Å². The number of thiophene rings is 1. The molecule has 8 heteroatoms. The molecule has 1 amide bonds. The fourth-order valence-electron chi connectivity index (χ4n) is 3.45. The first-order chi connectivity index (χ1) is 12.8. The first-order valence-electron chi connectivity index (χ1n) is 9.00. The lowest BCUT2D eigenvalue weighted by Crippen LogP contribution is -2.51. The molecule has 1 fully saturated rings. The third-order valence-corrected chi connectivity index (χ3v) is 6.12. The highest BCUT2D eigenvalue weighted by molar-refractivity contribution is 7.17. The van der Waals surface area contributed by atoms with Crippen molar-refractivity contribution in [2.75, 3.05) is 11.6 Å². The van der Waals surface area contributed by atoms with E-state index in [0.29, 0.717) is 21.5 Å². The lowest BCUT2D eigenvalue weighted by Gasteiger charge is -2.43. The van der Waals surface area contributed by atoms with Crippen molar-refractivity contribution in [3.05, 3.63) is 33.1 Å². The largest absolute Gasteiger partial charge is 0.334 e. The highest BCUT2D eigenvalue weighted by Crippen LogP contribution is 2.30. The molecule has 0 bridgehead atoms. The summed E-state index contributed by atoms with van der Waals surface area (Å²) < 4.78 is 0.562. The average molecular weight is 388 g/mol. The Labute approximate surface area is 162 Å². The Morgan fingerprint density at radius 1 is 1.41 bits per heavy atom. The summed E-state index contributed by atoms with van der Waals surface area (Å²) >= 11 is 1.34. The Kier molecular flexibility index (Phi) is 5.19. The maximum atomic E-state index is 13.1. The van der Waals surface area contributed by atoms with Crippen molar-refractivity contribution in [1.82, 2.24) is 14.9 Å². The first kappa shape index (κ1) is 19.3. The van der Waals surface area contributed by atoms with Gasteiger partial charge in [0.2, 0.25) is 5.95 Å². The van der Waals surface area contributed by atoms with E-state index in [1.165, 1.54) is 16.3 Å². The zero-order chi connectivity index (χ0) is 19.8. The van der Waals surface area contributed by atoms with E-state index in [9.17, 15) is 9.59 Å². The molecule has 144 valence electrons. The van der Waals surface area contributed by atoms with Crippen LogP contribution in [0.1, 0.15) is 47.0 Å². The van der Waals surface area contributed by atoms with E-state index in [2.05, 4.69) is 35.6 Å². The van der Waals surface area contributed by atoms with Gasteiger partial charge in [0, 0.05) is 24.4 Å². The molecule has 1 N–H and O–H groups in total. The van der Waals surface area contributed by atoms with Gasteiger partial charge in [-0.25, -0.2) is 9.99 Å². The molecule has 1 aliphatic heterocycles. The van der Waals surface area contributed by atoms with Crippen LogP contribution in [-0.2, 0) is 4.79 Å². The number of H-pyrrole nitrogens is 1. The maximum absolute atomic E-state index is 13.1. The molecule has 0 aliphatic carbocycles. The molecule has 0 unspecified atom stereocenters. The average Bonchev–Trinajstić information content (AvgIpc) is 3.10. The van der Waals surface area contributed by atoms with Crippen LogP contribution in [-0.4, -0.2) is 39.6 Å². The number of nitrogens with one attached hydrogen (secondary N) is 1. The van der Waals surface area contributed by atoms with E-state index in [1.54, 1.807) is 19.9 Å². The monoisotopic (exact) mass is 387 g/mol. The van der Waals surface area contributed by atoms with Gasteiger partial charge in [-0.05, 0) is 58.4 Å². The summed E-state index contributed by atoms with van der Waals surface area (Å²) in [5.41, 5.74) is 1.35. The molecule has 1 saturated heterocycles. The lowest BCUT2D eigenvalue weighted by atomic mass is 9.89. The van der Waals surface area contributed by atoms with Gasteiger partial charge < -0.3 is 4.90 Å². The third kappa shape index (κ3) is 3.53. The van der Waals surface area contributed by atoms with Crippen LogP contribution < -0.4 is 10.6 Å². The molecule has 2 aromatic heterocycles. The molecule has 7 nitrogen and oxygen atoms in total. The standard InChI is InChI=1S/C19H25N5O2S/c1-12(17(26)23-10-7-6-9-19(23,3)4)13(2)24(20-5)18-21-14-8-11-27-15(14)16(25)22-18/h8,11H,5-7,9-10H2,1-4H3,(H,21,22,25)/b13-12+. The Morgan fingerprint density at radius 3 is 2.81 bits per heavy atom. The number of aromatic amines is 1. The van der Waals surface area contributed by atoms with E-state index >= 15 is 0 Å². The highest BCUT2D eigenvalue weighted by Gasteiger charge is 2.34. The zero-order valence-electron chi connectivity index (χ0n) is 16.2. The van der Waals surface area contributed by atoms with Crippen LogP contribution in [0, 0.1) is 0 Å². The number of carbonyl (C=O) groups excluding carboxylic acids is 1. The Balaban J connectivity index is 1.98. The quantitative estimate of drug-likeness (QED) is 0.495. The Hall–Kier alpha value is -2.48. The van der Waals surface area contributed by atoms with Crippen LogP contribution >= 0.6 is 11.3 Å². The van der Waals surface area contributed by atoms with E-state index in [1.807, 2.05) is 10.3 Å². The van der Waals surface area contributed by atoms with Crippen molar-refractivity contribution in [2.45, 2.75) is 52.5 Å². The number of rotatable bonds is 4. The number of aromatic nitrogens is 2. The minimum absolute atomic E-state index is 0.0233. The summed E-state index contributed by atoms with van der Waals surface area (Å²) in [6.07, 6.45) is 3.12. The zero-order valence-corrected chi connectivity index (χ0v) is 17.0. The first-order valence-corrected chi connectivity index (χ1v) is 9.88. The Morgan fingerprint density at radius 2 is 2.15 bits per heavy atom. The van der Waals surface area contributed by atoms with Crippen LogP contribution in [0.5, 0.6) is 0 Å². The molecule has 3 heterocycles. The van der Waals surface area contributed by atoms with Crippen molar-refractivity contribution in [2.24, 2.45) is 5.10 Å². The van der Waals surface area contributed by atoms with Crippen molar-refractivity contribution < 1.29 is 4.79 Å². The van der Waals surface area contributed by atoms with Crippen LogP contribution in [0.15, 0.2) is 32.6 Å². The van der Waals surface area contributed by atoms with Gasteiger partial charge >= 0.3 is 0 Å². The summed E-state index contributed by atoms with van der Waals surface area (Å²) in [7, 11) is 0. The second kappa shape index (κ2) is 7.26. The number of anilines is 1. The molecule has 2 aromatic rings. The van der Waals surface area contributed by atoms with E-state index < -0.39 is 0 Å². The van der Waals surface area contributed by atoms with Crippen LogP contribution in [0.25, 0.3) is 10.2 Å². The number of fused-ring (bicyclic) bond motifs is 1. The summed E-state index contributed by atoms with van der Waals surface area (Å²) in [5.74, 6) is 0.230. The highest BCUT2D eigenvalue weighted by atomic mass is 32.1. The summed E-state index contributed by atoms with van der Waals surface area (Å²) in [4.78, 5) is 34.5. The minimum Gasteiger partial charge on any atom is -0.334 e. The lowest BCUT2D eigenvalue weighted by molar-refractivity contribution is -0.134. The summed E-state index contributed by atoms with van der Waals surface area (Å²) in [5, 5.41) is 7.24. The number of amides is 1. The van der Waals surface area contributed by atoms with Gasteiger partial charge in [-0.2, -0.15) is 5.10 Å². The van der Waals surface area contributed by atoms with E-state index in [-0.39, 0.29) is 23.0 Å². The normalized spacial score (nSPS) is 17.6. The molecule has 0 radical (unpaired) electrons. The molecule has 3 rings (SSSR count). The smallest absolute Gasteiger partial charge is 0.270 e. The third-order valence-electron chi connectivity index (χ3n) is 5.22. The predicted octanol–water partition coefficient (Wildman–Crippen LogP) is 3.49. The van der Waals surface area contributed by atoms with E-state index in [4.69, 9.17) is 0 Å². The fraction of sp³-hybridized carbons (Fsp3) is 0.474. The SMILES string of the molecule is C=NN(/C(C)=C(\C)C(=O)N1CCCCC1(C)C)c1nc2ccsc2c(=O)[nH]1. The number of likely N-dealkylation sites (tertiary alicyclic amines) is 1. The van der Waals surface area contributed by atoms with E-state index in [0.717, 1.165) is 25.8 Å². The van der Waals surface area contributed by atoms with Crippen molar-refractivity contribution in [1.29, 1.82) is 0 Å². The van der Waals surface area contributed by atoms with Gasteiger partial charge in [0.05, 0.1) is 11.2 Å². The van der Waals surface area contributed by atoms with Crippen molar-refractivity contribution >= 4 is 40.1 Å². The fourth-order valence-corrected chi connectivity index (χ4v) is 4.18. The van der Waals surface area contributed by atoms with Crippen LogP contribution in [0.2, 0.25) is 0 Å². The van der Waals surface area contributed by atoms with Crippen LogP contribution in [0.3, 0.4) is 0 Å². The molecular formula is C19H25N5O2S. The topological polar surface area (TPSA) is 81.7 Å². The van der Waals surface area contributed by atoms with Crippen LogP contribution in [0.4, 0.5) is 5.95 Å². The van der Waals surface area contributed by atoms with Crippen molar-refractivity contribution in [3.63, 3.8) is 0 Å². The predicted molar refractivity (Wildman–Crippen MR) is 110 cm³/mol. The van der Waals surface area contributed by atoms with Gasteiger partial charge in [0.25, 0.3) is 11.5 Å². The summed E-state index contributed by atoms with van der Waals surface area (Å²) in [6.45, 7) is 12.1. The minimum atomic E-state index is -0.229. The molecule has 27 heavy (non-hydrogen) atoms. The Bertz CT molecular complexity index is 972. The number of piperidine rings is 1. The number of hydrogen-bond donors (Lipinski definition) is 1. The molecule has 1 aliphatic rings. The number of hydrogen-bond acceptors (Lipinski definition) is 6. The van der Waals surface area contributed by atoms with Gasteiger partial charge in [-0.1, -0.05) is 0 Å². The molecule has 0 saturated carbocycles. The number of hydrazone groups is 1. The molecule has 0 spiro atoms. The second-order valence-electron chi connectivity index (χ2n) is 7.41. The van der Waals surface area contributed by atoms with Gasteiger partial charge in [0.15, 0.2) is 0 Å². The second-order valence-corrected chi connectivity index (χ2v) is 8.33. The molecule has 0 atom stereocenters. The molecule has 0 aromatic carbocycles. The number of carbonyl (C=O) groups is 1. The maximum Gasteiger partial charge on any atom is 0.270 e. The number of nitrogens with zero attached hydrogens (tertiary/aromatic N) is 4. The van der Waals surface area contributed by atoms with Gasteiger partial charge in [0.1, 0.15) is 4.70 Å². The van der Waals surface area contributed by atoms with Gasteiger partial charge in [-0.3, -0.25) is 14.6 Å². The summed E-state index contributed by atoms with van der Waals surface area (Å²) in [6, 6.07) is 1.79. The number of allylic oxidation sites excluding steroid dienone is 1.